The molecule has 0 atom stereocenters. The monoisotopic (exact) mass is 313 g/mol. The van der Waals surface area contributed by atoms with Crippen molar-refractivity contribution >= 4 is 24.6 Å². The normalized spacial score (nSPS) is 12.7. The molecular formula is C12H25ClNO4P. The second-order valence-electron chi connectivity index (χ2n) is 4.20. The van der Waals surface area contributed by atoms with Crippen LogP contribution in [0.5, 0.6) is 0 Å². The summed E-state index contributed by atoms with van der Waals surface area (Å²) in [4.78, 5) is 0. The van der Waals surface area contributed by atoms with Crippen LogP contribution in [0, 0.1) is 0 Å². The standard InChI is InChI=1S/C12H25ClNO4P/c1-4-6-8-10-16-19(15,18-14-12(3)13)17-11-9-7-5-2/h4-11H2,1-3H3. The van der Waals surface area contributed by atoms with Crippen LogP contribution in [0.4, 0.5) is 0 Å². The number of rotatable bonds is 12. The first-order chi connectivity index (χ1) is 9.04. The Morgan fingerprint density at radius 3 is 1.89 bits per heavy atom. The van der Waals surface area contributed by atoms with E-state index in [1.165, 1.54) is 6.92 Å². The molecule has 114 valence electrons. The molecule has 0 N–H and O–H groups in total. The van der Waals surface area contributed by atoms with Crippen molar-refractivity contribution in [2.75, 3.05) is 13.2 Å². The van der Waals surface area contributed by atoms with Gasteiger partial charge < -0.3 is 0 Å². The van der Waals surface area contributed by atoms with Gasteiger partial charge in [-0.3, -0.25) is 13.7 Å². The van der Waals surface area contributed by atoms with Gasteiger partial charge in [0.25, 0.3) is 0 Å². The SMILES string of the molecule is CCCCCOP(=O)(OCCCCC)ON=C(C)Cl. The Morgan fingerprint density at radius 2 is 1.53 bits per heavy atom. The van der Waals surface area contributed by atoms with Gasteiger partial charge in [-0.2, -0.15) is 0 Å². The summed E-state index contributed by atoms with van der Waals surface area (Å²) in [5, 5.41) is 3.61. The van der Waals surface area contributed by atoms with Crippen LogP contribution >= 0.6 is 19.4 Å². The van der Waals surface area contributed by atoms with Crippen LogP contribution < -0.4 is 0 Å². The number of hydrogen-bond donors (Lipinski definition) is 0. The third-order valence-corrected chi connectivity index (χ3v) is 3.61. The van der Waals surface area contributed by atoms with Crippen LogP contribution in [-0.2, 0) is 18.2 Å². The number of hydrogen-bond acceptors (Lipinski definition) is 5. The second kappa shape index (κ2) is 11.7. The van der Waals surface area contributed by atoms with Gasteiger partial charge in [0, 0.05) is 0 Å². The Bertz CT molecular complexity index is 279. The summed E-state index contributed by atoms with van der Waals surface area (Å²) in [6, 6.07) is 0. The maximum absolute atomic E-state index is 12.2. The Kier molecular flexibility index (Phi) is 11.7. The van der Waals surface area contributed by atoms with Crippen molar-refractivity contribution in [1.29, 1.82) is 0 Å². The molecule has 0 aromatic rings. The van der Waals surface area contributed by atoms with Crippen LogP contribution in [0.25, 0.3) is 0 Å². The van der Waals surface area contributed by atoms with Crippen molar-refractivity contribution in [3.8, 4) is 0 Å². The molecular weight excluding hydrogens is 289 g/mol. The van der Waals surface area contributed by atoms with Gasteiger partial charge in [-0.1, -0.05) is 56.3 Å². The van der Waals surface area contributed by atoms with Gasteiger partial charge >= 0.3 is 7.82 Å². The molecule has 0 radical (unpaired) electrons. The summed E-state index contributed by atoms with van der Waals surface area (Å²) in [5.74, 6) is 0. The minimum absolute atomic E-state index is 0.148. The number of halogens is 1. The molecule has 0 aromatic heterocycles. The summed E-state index contributed by atoms with van der Waals surface area (Å²) in [5.41, 5.74) is 0. The second-order valence-corrected chi connectivity index (χ2v) is 6.32. The first-order valence-corrected chi connectivity index (χ1v) is 8.66. The quantitative estimate of drug-likeness (QED) is 0.218. The van der Waals surface area contributed by atoms with Gasteiger partial charge in [-0.05, 0) is 19.8 Å². The topological polar surface area (TPSA) is 57.1 Å². The number of unbranched alkanes of at least 4 members (excludes halogenated alkanes) is 4. The molecule has 0 aliphatic heterocycles. The summed E-state index contributed by atoms with van der Waals surface area (Å²) >= 11 is 5.54. The number of phosphoric acid groups is 1. The predicted molar refractivity (Wildman–Crippen MR) is 78.6 cm³/mol. The van der Waals surface area contributed by atoms with E-state index in [1.54, 1.807) is 0 Å². The summed E-state index contributed by atoms with van der Waals surface area (Å²) in [6.45, 7) is 6.35. The van der Waals surface area contributed by atoms with Gasteiger partial charge in [0.2, 0.25) is 0 Å². The van der Waals surface area contributed by atoms with Crippen LogP contribution in [0.2, 0.25) is 0 Å². The third-order valence-electron chi connectivity index (χ3n) is 2.26. The summed E-state index contributed by atoms with van der Waals surface area (Å²) in [6.07, 6.45) is 5.76. The molecule has 0 heterocycles. The highest BCUT2D eigenvalue weighted by molar-refractivity contribution is 7.48. The summed E-state index contributed by atoms with van der Waals surface area (Å²) < 4.78 is 27.4. The van der Waals surface area contributed by atoms with E-state index in [1.807, 2.05) is 0 Å². The molecule has 0 aliphatic carbocycles. The molecule has 0 amide bonds. The zero-order valence-corrected chi connectivity index (χ0v) is 13.7. The minimum Gasteiger partial charge on any atom is -0.291 e. The maximum Gasteiger partial charge on any atom is 0.550 e. The molecule has 0 saturated carbocycles. The van der Waals surface area contributed by atoms with Crippen LogP contribution in [0.15, 0.2) is 5.16 Å². The average molecular weight is 314 g/mol. The van der Waals surface area contributed by atoms with Gasteiger partial charge in [0.1, 0.15) is 5.17 Å². The van der Waals surface area contributed by atoms with Crippen LogP contribution in [-0.4, -0.2) is 18.4 Å². The molecule has 0 saturated heterocycles. The smallest absolute Gasteiger partial charge is 0.291 e. The highest BCUT2D eigenvalue weighted by Crippen LogP contribution is 2.50. The van der Waals surface area contributed by atoms with Gasteiger partial charge in [-0.15, -0.1) is 0 Å². The van der Waals surface area contributed by atoms with Crippen molar-refractivity contribution in [3.05, 3.63) is 0 Å². The van der Waals surface area contributed by atoms with Gasteiger partial charge in [0.05, 0.1) is 13.2 Å². The van der Waals surface area contributed by atoms with Crippen LogP contribution in [0.3, 0.4) is 0 Å². The Labute approximate surface area is 121 Å². The first kappa shape index (κ1) is 18.9. The number of nitrogens with zero attached hydrogens (tertiary/aromatic N) is 1. The fraction of sp³-hybridized carbons (Fsp3) is 0.917. The average Bonchev–Trinajstić information content (AvgIpc) is 2.38. The zero-order valence-electron chi connectivity index (χ0n) is 12.1. The van der Waals surface area contributed by atoms with E-state index in [9.17, 15) is 4.57 Å². The van der Waals surface area contributed by atoms with Crippen molar-refractivity contribution in [3.63, 3.8) is 0 Å². The molecule has 0 rings (SSSR count). The van der Waals surface area contributed by atoms with Gasteiger partial charge in [0.15, 0.2) is 0 Å². The van der Waals surface area contributed by atoms with E-state index < -0.39 is 7.82 Å². The molecule has 5 nitrogen and oxygen atoms in total. The highest BCUT2D eigenvalue weighted by atomic mass is 35.5. The zero-order chi connectivity index (χ0) is 14.6. The van der Waals surface area contributed by atoms with E-state index in [4.69, 9.17) is 25.3 Å². The fourth-order valence-electron chi connectivity index (χ4n) is 1.25. The molecule has 19 heavy (non-hydrogen) atoms. The summed E-state index contributed by atoms with van der Waals surface area (Å²) in [7, 11) is -3.63. The Balaban J connectivity index is 4.20. The lowest BCUT2D eigenvalue weighted by Gasteiger charge is -2.15. The largest absolute Gasteiger partial charge is 0.550 e. The van der Waals surface area contributed by atoms with Crippen molar-refractivity contribution < 1.29 is 18.2 Å². The molecule has 0 aromatic carbocycles. The van der Waals surface area contributed by atoms with Crippen molar-refractivity contribution in [2.45, 2.75) is 59.3 Å². The van der Waals surface area contributed by atoms with Crippen molar-refractivity contribution in [1.82, 2.24) is 0 Å². The molecule has 0 bridgehead atoms. The molecule has 0 spiro atoms. The minimum atomic E-state index is -3.63. The lowest BCUT2D eigenvalue weighted by Crippen LogP contribution is -2.01. The van der Waals surface area contributed by atoms with Crippen molar-refractivity contribution in [2.24, 2.45) is 5.16 Å². The van der Waals surface area contributed by atoms with E-state index >= 15 is 0 Å². The molecule has 0 fully saturated rings. The first-order valence-electron chi connectivity index (χ1n) is 6.82. The molecule has 0 aliphatic rings. The maximum atomic E-state index is 12.2. The highest BCUT2D eigenvalue weighted by Gasteiger charge is 2.28. The Morgan fingerprint density at radius 1 is 1.05 bits per heavy atom. The number of oxime groups is 1. The Hall–Kier alpha value is -0.0900. The van der Waals surface area contributed by atoms with E-state index in [0.29, 0.717) is 13.2 Å². The predicted octanol–water partition coefficient (Wildman–Crippen LogP) is 5.10. The molecule has 7 heteroatoms. The lowest BCUT2D eigenvalue weighted by molar-refractivity contribution is 0.113. The third kappa shape index (κ3) is 11.4. The lowest BCUT2D eigenvalue weighted by atomic mass is 10.3. The van der Waals surface area contributed by atoms with E-state index in [0.717, 1.165) is 38.5 Å². The van der Waals surface area contributed by atoms with Crippen LogP contribution in [0.1, 0.15) is 59.3 Å². The van der Waals surface area contributed by atoms with E-state index in [-0.39, 0.29) is 5.17 Å². The molecule has 0 unspecified atom stereocenters. The number of phosphoric ester groups is 1. The fourth-order valence-corrected chi connectivity index (χ4v) is 2.43. The van der Waals surface area contributed by atoms with Gasteiger partial charge in [-0.25, -0.2) is 4.57 Å². The van der Waals surface area contributed by atoms with E-state index in [2.05, 4.69) is 19.0 Å².